The van der Waals surface area contributed by atoms with Gasteiger partial charge in [0.05, 0.1) is 18.7 Å². The molecule has 1 aliphatic heterocycles. The molecule has 136 valence electrons. The first-order valence-electron chi connectivity index (χ1n) is 8.56. The van der Waals surface area contributed by atoms with Crippen LogP contribution in [0.15, 0.2) is 35.3 Å². The van der Waals surface area contributed by atoms with Gasteiger partial charge in [-0.3, -0.25) is 4.99 Å². The molecule has 5 nitrogen and oxygen atoms in total. The highest BCUT2D eigenvalue weighted by molar-refractivity contribution is 14.0. The summed E-state index contributed by atoms with van der Waals surface area (Å²) in [6.45, 7) is 5.37. The zero-order chi connectivity index (χ0) is 16.5. The summed E-state index contributed by atoms with van der Waals surface area (Å²) in [7, 11) is 4.19. The summed E-state index contributed by atoms with van der Waals surface area (Å²) in [4.78, 5) is 6.98. The number of nitrogens with one attached hydrogen (secondary N) is 2. The SMILES string of the molecule is CCNC(=NCC(c1ccccc1)N(C)C)NCC1CCCO1.I. The molecule has 1 aromatic carbocycles. The van der Waals surface area contributed by atoms with Crippen molar-refractivity contribution >= 4 is 29.9 Å². The number of hydrogen-bond acceptors (Lipinski definition) is 3. The van der Waals surface area contributed by atoms with Crippen LogP contribution in [0.3, 0.4) is 0 Å². The molecule has 6 heteroatoms. The van der Waals surface area contributed by atoms with Gasteiger partial charge >= 0.3 is 0 Å². The summed E-state index contributed by atoms with van der Waals surface area (Å²) in [6.07, 6.45) is 2.62. The highest BCUT2D eigenvalue weighted by Gasteiger charge is 2.16. The number of aliphatic imine (C=N–C) groups is 1. The number of benzene rings is 1. The molecule has 0 aromatic heterocycles. The number of rotatable bonds is 7. The average molecular weight is 446 g/mol. The first kappa shape index (κ1) is 21.2. The maximum absolute atomic E-state index is 5.66. The summed E-state index contributed by atoms with van der Waals surface area (Å²) in [6, 6.07) is 10.8. The Morgan fingerprint density at radius 2 is 2.04 bits per heavy atom. The molecule has 0 bridgehead atoms. The highest BCUT2D eigenvalue weighted by atomic mass is 127. The Morgan fingerprint density at radius 3 is 2.62 bits per heavy atom. The van der Waals surface area contributed by atoms with Gasteiger partial charge in [-0.2, -0.15) is 0 Å². The number of likely N-dealkylation sites (N-methyl/N-ethyl adjacent to an activating group) is 1. The number of hydrogen-bond donors (Lipinski definition) is 2. The van der Waals surface area contributed by atoms with E-state index in [9.17, 15) is 0 Å². The molecule has 0 amide bonds. The Bertz CT molecular complexity index is 475. The van der Waals surface area contributed by atoms with Gasteiger partial charge < -0.3 is 20.3 Å². The topological polar surface area (TPSA) is 48.9 Å². The van der Waals surface area contributed by atoms with Crippen LogP contribution in [0.25, 0.3) is 0 Å². The third-order valence-electron chi connectivity index (χ3n) is 4.10. The number of guanidine groups is 1. The first-order chi connectivity index (χ1) is 11.2. The number of ether oxygens (including phenoxy) is 1. The smallest absolute Gasteiger partial charge is 0.191 e. The molecule has 2 rings (SSSR count). The van der Waals surface area contributed by atoms with Crippen molar-refractivity contribution in [2.45, 2.75) is 31.9 Å². The van der Waals surface area contributed by atoms with Crippen molar-refractivity contribution in [2.75, 3.05) is 40.3 Å². The van der Waals surface area contributed by atoms with Crippen molar-refractivity contribution in [3.05, 3.63) is 35.9 Å². The molecule has 1 fully saturated rings. The predicted molar refractivity (Wildman–Crippen MR) is 111 cm³/mol. The standard InChI is InChI=1S/C18H30N4O.HI/c1-4-19-18(20-13-16-11-8-12-23-16)21-14-17(22(2)3)15-9-6-5-7-10-15;/h5-7,9-10,16-17H,4,8,11-14H2,1-3H3,(H2,19,20,21);1H. The largest absolute Gasteiger partial charge is 0.376 e. The van der Waals surface area contributed by atoms with Crippen molar-refractivity contribution in [2.24, 2.45) is 4.99 Å². The minimum absolute atomic E-state index is 0. The molecule has 1 aliphatic rings. The zero-order valence-corrected chi connectivity index (χ0v) is 17.3. The van der Waals surface area contributed by atoms with E-state index in [1.54, 1.807) is 0 Å². The van der Waals surface area contributed by atoms with Gasteiger partial charge in [0, 0.05) is 19.7 Å². The molecule has 0 radical (unpaired) electrons. The van der Waals surface area contributed by atoms with Crippen LogP contribution in [0.5, 0.6) is 0 Å². The lowest BCUT2D eigenvalue weighted by Gasteiger charge is -2.24. The number of nitrogens with zero attached hydrogens (tertiary/aromatic N) is 2. The fourth-order valence-electron chi connectivity index (χ4n) is 2.78. The van der Waals surface area contributed by atoms with Gasteiger partial charge in [-0.15, -0.1) is 24.0 Å². The monoisotopic (exact) mass is 446 g/mol. The van der Waals surface area contributed by atoms with Crippen molar-refractivity contribution in [3.63, 3.8) is 0 Å². The van der Waals surface area contributed by atoms with E-state index in [2.05, 4.69) is 60.8 Å². The molecule has 0 saturated carbocycles. The van der Waals surface area contributed by atoms with E-state index in [0.29, 0.717) is 6.10 Å². The average Bonchev–Trinajstić information content (AvgIpc) is 3.07. The molecule has 1 aromatic rings. The molecule has 1 saturated heterocycles. The molecular weight excluding hydrogens is 415 g/mol. The Morgan fingerprint density at radius 1 is 1.29 bits per heavy atom. The van der Waals surface area contributed by atoms with Crippen molar-refractivity contribution < 1.29 is 4.74 Å². The summed E-state index contributed by atoms with van der Waals surface area (Å²) in [5.41, 5.74) is 1.29. The summed E-state index contributed by atoms with van der Waals surface area (Å²) < 4.78 is 5.66. The third kappa shape index (κ3) is 6.94. The van der Waals surface area contributed by atoms with Crippen LogP contribution in [0, 0.1) is 0 Å². The van der Waals surface area contributed by atoms with E-state index in [0.717, 1.165) is 45.0 Å². The minimum Gasteiger partial charge on any atom is -0.376 e. The van der Waals surface area contributed by atoms with Crippen LogP contribution in [0.4, 0.5) is 0 Å². The lowest BCUT2D eigenvalue weighted by Crippen LogP contribution is -2.41. The highest BCUT2D eigenvalue weighted by Crippen LogP contribution is 2.18. The minimum atomic E-state index is 0. The second kappa shape index (κ2) is 11.7. The molecule has 0 spiro atoms. The second-order valence-electron chi connectivity index (χ2n) is 6.13. The Balaban J connectivity index is 0.00000288. The van der Waals surface area contributed by atoms with Crippen LogP contribution in [0.1, 0.15) is 31.4 Å². The quantitative estimate of drug-likeness (QED) is 0.384. The number of halogens is 1. The maximum Gasteiger partial charge on any atom is 0.191 e. The van der Waals surface area contributed by atoms with Crippen LogP contribution >= 0.6 is 24.0 Å². The molecular formula is C18H31IN4O. The molecule has 2 unspecified atom stereocenters. The lowest BCUT2D eigenvalue weighted by atomic mass is 10.1. The summed E-state index contributed by atoms with van der Waals surface area (Å²) >= 11 is 0. The fraction of sp³-hybridized carbons (Fsp3) is 0.611. The van der Waals surface area contributed by atoms with Crippen LogP contribution < -0.4 is 10.6 Å². The maximum atomic E-state index is 5.66. The molecule has 0 aliphatic carbocycles. The molecule has 24 heavy (non-hydrogen) atoms. The van der Waals surface area contributed by atoms with Crippen molar-refractivity contribution in [1.29, 1.82) is 0 Å². The molecule has 2 N–H and O–H groups in total. The van der Waals surface area contributed by atoms with E-state index in [1.807, 2.05) is 6.07 Å². The third-order valence-corrected chi connectivity index (χ3v) is 4.10. The summed E-state index contributed by atoms with van der Waals surface area (Å²) in [5, 5.41) is 6.72. The second-order valence-corrected chi connectivity index (χ2v) is 6.13. The van der Waals surface area contributed by atoms with E-state index in [4.69, 9.17) is 9.73 Å². The lowest BCUT2D eigenvalue weighted by molar-refractivity contribution is 0.114. The normalized spacial score (nSPS) is 19.0. The summed E-state index contributed by atoms with van der Waals surface area (Å²) in [5.74, 6) is 0.866. The van der Waals surface area contributed by atoms with Crippen LogP contribution in [-0.2, 0) is 4.74 Å². The van der Waals surface area contributed by atoms with Crippen molar-refractivity contribution in [3.8, 4) is 0 Å². The molecule has 2 atom stereocenters. The zero-order valence-electron chi connectivity index (χ0n) is 15.0. The van der Waals surface area contributed by atoms with Gasteiger partial charge in [0.2, 0.25) is 0 Å². The van der Waals surface area contributed by atoms with Gasteiger partial charge in [-0.05, 0) is 39.4 Å². The fourth-order valence-corrected chi connectivity index (χ4v) is 2.78. The first-order valence-corrected chi connectivity index (χ1v) is 8.56. The predicted octanol–water partition coefficient (Wildman–Crippen LogP) is 2.64. The van der Waals surface area contributed by atoms with E-state index >= 15 is 0 Å². The Hall–Kier alpha value is -0.860. The van der Waals surface area contributed by atoms with Gasteiger partial charge in [-0.25, -0.2) is 0 Å². The van der Waals surface area contributed by atoms with E-state index in [-0.39, 0.29) is 30.0 Å². The van der Waals surface area contributed by atoms with Gasteiger partial charge in [0.25, 0.3) is 0 Å². The van der Waals surface area contributed by atoms with Crippen LogP contribution in [-0.4, -0.2) is 57.3 Å². The van der Waals surface area contributed by atoms with Gasteiger partial charge in [0.15, 0.2) is 5.96 Å². The Labute approximate surface area is 163 Å². The van der Waals surface area contributed by atoms with Crippen LogP contribution in [0.2, 0.25) is 0 Å². The molecule has 1 heterocycles. The van der Waals surface area contributed by atoms with E-state index < -0.39 is 0 Å². The van der Waals surface area contributed by atoms with Crippen molar-refractivity contribution in [1.82, 2.24) is 15.5 Å². The van der Waals surface area contributed by atoms with Gasteiger partial charge in [0.1, 0.15) is 0 Å². The van der Waals surface area contributed by atoms with Gasteiger partial charge in [-0.1, -0.05) is 30.3 Å². The van der Waals surface area contributed by atoms with E-state index in [1.165, 1.54) is 5.56 Å². The Kier molecular flexibility index (Phi) is 10.3.